The number of aliphatic hydroxyl groups is 1. The molecule has 0 unspecified atom stereocenters. The van der Waals surface area contributed by atoms with Gasteiger partial charge in [0.15, 0.2) is 0 Å². The van der Waals surface area contributed by atoms with Crippen LogP contribution >= 0.6 is 0 Å². The van der Waals surface area contributed by atoms with E-state index in [1.807, 2.05) is 6.07 Å². The molecule has 1 heterocycles. The van der Waals surface area contributed by atoms with E-state index in [2.05, 4.69) is 49.4 Å². The molecule has 0 saturated carbocycles. The van der Waals surface area contributed by atoms with Gasteiger partial charge >= 0.3 is 112 Å². The van der Waals surface area contributed by atoms with E-state index in [1.165, 1.54) is 25.2 Å². The summed E-state index contributed by atoms with van der Waals surface area (Å²) in [5, 5.41) is 10.5. The molecule has 0 saturated heterocycles. The van der Waals surface area contributed by atoms with Gasteiger partial charge in [-0.3, -0.25) is 0 Å². The Morgan fingerprint density at radius 2 is 1.78 bits per heavy atom. The van der Waals surface area contributed by atoms with Gasteiger partial charge in [-0.25, -0.2) is 0 Å². The van der Waals surface area contributed by atoms with Gasteiger partial charge in [0.2, 0.25) is 0 Å². The van der Waals surface area contributed by atoms with Crippen molar-refractivity contribution >= 4 is 24.1 Å². The van der Waals surface area contributed by atoms with Crippen molar-refractivity contribution in [3.63, 3.8) is 0 Å². The monoisotopic (exact) mass is 302 g/mol. The zero-order valence-corrected chi connectivity index (χ0v) is 11.9. The van der Waals surface area contributed by atoms with E-state index in [-0.39, 0.29) is 6.61 Å². The summed E-state index contributed by atoms with van der Waals surface area (Å²) in [4.78, 5) is 0. The van der Waals surface area contributed by atoms with Crippen LogP contribution in [0.25, 0.3) is 19.6 Å². The number of hydrogen-bond donors (Lipinski definition) is 1. The molecule has 18 heavy (non-hydrogen) atoms. The fraction of sp³-hybridized carbons (Fsp3) is 0.125. The summed E-state index contributed by atoms with van der Waals surface area (Å²) in [6.07, 6.45) is 0. The number of aliphatic hydroxyl groups excluding tert-OH is 1. The molecule has 0 aliphatic carbocycles. The van der Waals surface area contributed by atoms with Crippen molar-refractivity contribution in [1.82, 2.24) is 0 Å². The summed E-state index contributed by atoms with van der Waals surface area (Å²) >= 11 is 0.357. The van der Waals surface area contributed by atoms with E-state index in [9.17, 15) is 5.11 Å². The van der Waals surface area contributed by atoms with Crippen molar-refractivity contribution in [3.05, 3.63) is 59.7 Å². The molecule has 0 amide bonds. The first-order valence-corrected chi connectivity index (χ1v) is 7.68. The predicted molar refractivity (Wildman–Crippen MR) is 77.0 cm³/mol. The van der Waals surface area contributed by atoms with Gasteiger partial charge in [-0.05, 0) is 0 Å². The topological polar surface area (TPSA) is 20.2 Å². The van der Waals surface area contributed by atoms with Crippen LogP contribution in [0, 0.1) is 6.92 Å². The fourth-order valence-electron chi connectivity index (χ4n) is 2.03. The summed E-state index contributed by atoms with van der Waals surface area (Å²) in [7, 11) is 0. The van der Waals surface area contributed by atoms with Crippen LogP contribution in [0.15, 0.2) is 48.5 Å². The van der Waals surface area contributed by atoms with Crippen LogP contribution in [-0.4, -0.2) is 19.6 Å². The Morgan fingerprint density at radius 3 is 2.50 bits per heavy atom. The van der Waals surface area contributed by atoms with E-state index in [4.69, 9.17) is 0 Å². The number of hydrogen-bond acceptors (Lipinski definition) is 1. The molecule has 2 aromatic carbocycles. The third-order valence-corrected chi connectivity index (χ3v) is 5.51. The second-order valence-electron chi connectivity index (χ2n) is 4.51. The van der Waals surface area contributed by atoms with Gasteiger partial charge in [0.1, 0.15) is 0 Å². The summed E-state index contributed by atoms with van der Waals surface area (Å²) in [5.41, 5.74) is 3.63. The third-order valence-electron chi connectivity index (χ3n) is 3.10. The van der Waals surface area contributed by atoms with Crippen LogP contribution in [0.4, 0.5) is 0 Å². The Hall–Kier alpha value is -1.34. The molecule has 3 aromatic rings. The minimum absolute atomic E-state index is 0.128. The first-order chi connectivity index (χ1) is 8.76. The van der Waals surface area contributed by atoms with Crippen LogP contribution in [0.5, 0.6) is 0 Å². The Morgan fingerprint density at radius 1 is 1.00 bits per heavy atom. The number of aryl methyl sites for hydroxylation is 1. The molecule has 1 nitrogen and oxygen atoms in total. The van der Waals surface area contributed by atoms with Crippen LogP contribution < -0.4 is 0 Å². The second-order valence-corrected chi connectivity index (χ2v) is 6.78. The molecular weight excluding hydrogens is 287 g/mol. The molecule has 0 atom stereocenters. The van der Waals surface area contributed by atoms with E-state index in [1.54, 1.807) is 0 Å². The molecule has 0 fully saturated rings. The summed E-state index contributed by atoms with van der Waals surface area (Å²) < 4.78 is 2.80. The van der Waals surface area contributed by atoms with E-state index in [0.717, 1.165) is 5.56 Å². The van der Waals surface area contributed by atoms with Crippen molar-refractivity contribution in [1.29, 1.82) is 0 Å². The molecule has 2 heteroatoms. The molecule has 1 N–H and O–H groups in total. The molecule has 1 aromatic heterocycles. The summed E-state index contributed by atoms with van der Waals surface area (Å²) in [5.74, 6) is 0. The third kappa shape index (κ3) is 2.15. The number of benzene rings is 2. The fourth-order valence-corrected chi connectivity index (χ4v) is 4.41. The van der Waals surface area contributed by atoms with Gasteiger partial charge in [-0.15, -0.1) is 0 Å². The van der Waals surface area contributed by atoms with Crippen molar-refractivity contribution in [2.24, 2.45) is 0 Å². The molecular formula is C16H14OSe. The molecule has 0 aliphatic heterocycles. The molecule has 90 valence electrons. The zero-order chi connectivity index (χ0) is 12.5. The standard InChI is InChI=1S/C16H14OSe/c1-11-2-5-13(6-3-11)16-9-14-7-4-12(10-17)8-15(14)18-16/h2-9,17H,10H2,1H3. The van der Waals surface area contributed by atoms with Crippen LogP contribution in [0.2, 0.25) is 0 Å². The predicted octanol–water partition coefficient (Wildman–Crippen LogP) is 3.36. The molecule has 0 radical (unpaired) electrons. The van der Waals surface area contributed by atoms with Gasteiger partial charge < -0.3 is 0 Å². The first-order valence-electron chi connectivity index (χ1n) is 5.96. The van der Waals surface area contributed by atoms with Crippen LogP contribution in [0.3, 0.4) is 0 Å². The SMILES string of the molecule is Cc1ccc(-c2cc3ccc(CO)cc3[se]2)cc1. The molecule has 0 aliphatic rings. The van der Waals surface area contributed by atoms with Crippen molar-refractivity contribution in [2.45, 2.75) is 13.5 Å². The van der Waals surface area contributed by atoms with E-state index >= 15 is 0 Å². The van der Waals surface area contributed by atoms with Crippen molar-refractivity contribution in [3.8, 4) is 10.0 Å². The van der Waals surface area contributed by atoms with Gasteiger partial charge in [0, 0.05) is 0 Å². The van der Waals surface area contributed by atoms with Gasteiger partial charge in [-0.2, -0.15) is 0 Å². The van der Waals surface area contributed by atoms with Crippen LogP contribution in [-0.2, 0) is 6.61 Å². The molecule has 0 spiro atoms. The quantitative estimate of drug-likeness (QED) is 0.720. The average molecular weight is 301 g/mol. The zero-order valence-electron chi connectivity index (χ0n) is 10.2. The Bertz CT molecular complexity index is 680. The van der Waals surface area contributed by atoms with E-state index < -0.39 is 0 Å². The minimum atomic E-state index is 0.128. The maximum absolute atomic E-state index is 9.17. The average Bonchev–Trinajstić information content (AvgIpc) is 2.82. The molecule has 3 rings (SSSR count). The number of fused-ring (bicyclic) bond motifs is 1. The van der Waals surface area contributed by atoms with Crippen molar-refractivity contribution in [2.75, 3.05) is 0 Å². The Balaban J connectivity index is 2.10. The normalized spacial score (nSPS) is 11.0. The Labute approximate surface area is 112 Å². The van der Waals surface area contributed by atoms with Gasteiger partial charge in [0.05, 0.1) is 0 Å². The van der Waals surface area contributed by atoms with Crippen molar-refractivity contribution < 1.29 is 5.11 Å². The summed E-state index contributed by atoms with van der Waals surface area (Å²) in [6.45, 7) is 2.24. The molecule has 0 bridgehead atoms. The first kappa shape index (κ1) is 11.7. The summed E-state index contributed by atoms with van der Waals surface area (Å²) in [6, 6.07) is 17.2. The Kier molecular flexibility index (Phi) is 3.09. The van der Waals surface area contributed by atoms with Gasteiger partial charge in [0.25, 0.3) is 0 Å². The number of rotatable bonds is 2. The van der Waals surface area contributed by atoms with Crippen LogP contribution in [0.1, 0.15) is 11.1 Å². The second kappa shape index (κ2) is 4.73. The van der Waals surface area contributed by atoms with Gasteiger partial charge in [-0.1, -0.05) is 0 Å². The van der Waals surface area contributed by atoms with E-state index in [0.29, 0.717) is 14.5 Å². The maximum atomic E-state index is 9.17.